The molecule has 0 unspecified atom stereocenters. The summed E-state index contributed by atoms with van der Waals surface area (Å²) in [5, 5.41) is 0. The van der Waals surface area contributed by atoms with Gasteiger partial charge in [-0.25, -0.2) is 0 Å². The molecule has 0 saturated carbocycles. The predicted molar refractivity (Wildman–Crippen MR) is 80.3 cm³/mol. The molecular weight excluding hydrogens is 222 g/mol. The Morgan fingerprint density at radius 1 is 1.22 bits per heavy atom. The van der Waals surface area contributed by atoms with Crippen molar-refractivity contribution in [2.24, 2.45) is 10.9 Å². The fraction of sp³-hybridized carbons (Fsp3) is 0.800. The predicted octanol–water partition coefficient (Wildman–Crippen LogP) is 2.64. The molecule has 0 amide bonds. The van der Waals surface area contributed by atoms with E-state index in [9.17, 15) is 0 Å². The maximum Gasteiger partial charge on any atom is 0.0269 e. The highest BCUT2D eigenvalue weighted by Crippen LogP contribution is 2.06. The molecule has 0 atom stereocenters. The average Bonchev–Trinajstić information content (AvgIpc) is 2.32. The molecule has 0 spiro atoms. The van der Waals surface area contributed by atoms with E-state index in [0.717, 1.165) is 13.0 Å². The van der Waals surface area contributed by atoms with Gasteiger partial charge in [-0.3, -0.25) is 9.89 Å². The first-order valence-electron chi connectivity index (χ1n) is 7.16. The largest absolute Gasteiger partial charge is 0.304 e. The molecule has 0 aliphatic carbocycles. The van der Waals surface area contributed by atoms with Gasteiger partial charge in [-0.1, -0.05) is 20.8 Å². The summed E-state index contributed by atoms with van der Waals surface area (Å²) in [4.78, 5) is 9.55. The van der Waals surface area contributed by atoms with Crippen LogP contribution in [0.1, 0.15) is 34.1 Å². The molecule has 18 heavy (non-hydrogen) atoms. The summed E-state index contributed by atoms with van der Waals surface area (Å²) >= 11 is 0. The second kappa shape index (κ2) is 7.70. The third kappa shape index (κ3) is 5.32. The Morgan fingerprint density at radius 2 is 1.83 bits per heavy atom. The minimum atomic E-state index is 0.558. The second-order valence-electron chi connectivity index (χ2n) is 5.68. The van der Waals surface area contributed by atoms with Gasteiger partial charge >= 0.3 is 0 Å². The molecule has 1 aliphatic heterocycles. The Morgan fingerprint density at radius 3 is 2.33 bits per heavy atom. The molecule has 0 bridgehead atoms. The normalized spacial score (nSPS) is 20.8. The van der Waals surface area contributed by atoms with E-state index in [1.54, 1.807) is 0 Å². The van der Waals surface area contributed by atoms with Gasteiger partial charge in [0.1, 0.15) is 0 Å². The average molecular weight is 251 g/mol. The summed E-state index contributed by atoms with van der Waals surface area (Å²) in [7, 11) is 2.19. The molecule has 0 aromatic carbocycles. The maximum absolute atomic E-state index is 4.64. The number of hydrogen-bond donors (Lipinski definition) is 0. The number of aliphatic imine (C=N–C) groups is 1. The van der Waals surface area contributed by atoms with Gasteiger partial charge in [-0.2, -0.15) is 0 Å². The van der Waals surface area contributed by atoms with E-state index in [-0.39, 0.29) is 0 Å². The molecule has 0 aromatic heterocycles. The zero-order valence-electron chi connectivity index (χ0n) is 12.7. The van der Waals surface area contributed by atoms with Crippen molar-refractivity contribution in [2.75, 3.05) is 39.8 Å². The molecule has 1 fully saturated rings. The lowest BCUT2D eigenvalue weighted by molar-refractivity contribution is 0.164. The first kappa shape index (κ1) is 15.4. The van der Waals surface area contributed by atoms with Crippen molar-refractivity contribution in [1.82, 2.24) is 9.80 Å². The number of nitrogens with zero attached hydrogens (tertiary/aromatic N) is 3. The molecule has 1 heterocycles. The molecule has 3 nitrogen and oxygen atoms in total. The van der Waals surface area contributed by atoms with Crippen LogP contribution in [-0.4, -0.2) is 55.3 Å². The van der Waals surface area contributed by atoms with Crippen LogP contribution in [0.25, 0.3) is 0 Å². The first-order chi connectivity index (χ1) is 8.52. The van der Waals surface area contributed by atoms with Crippen LogP contribution in [0.5, 0.6) is 0 Å². The fourth-order valence-corrected chi connectivity index (χ4v) is 2.24. The van der Waals surface area contributed by atoms with Gasteiger partial charge in [0.25, 0.3) is 0 Å². The van der Waals surface area contributed by atoms with Crippen molar-refractivity contribution in [1.29, 1.82) is 0 Å². The Balaban J connectivity index is 2.46. The van der Waals surface area contributed by atoms with Gasteiger partial charge in [-0.05, 0) is 31.9 Å². The van der Waals surface area contributed by atoms with Crippen molar-refractivity contribution in [3.8, 4) is 0 Å². The number of rotatable bonds is 5. The fourth-order valence-electron chi connectivity index (χ4n) is 2.24. The quantitative estimate of drug-likeness (QED) is 0.700. The Bertz CT molecular complexity index is 297. The van der Waals surface area contributed by atoms with Crippen LogP contribution in [0.3, 0.4) is 0 Å². The van der Waals surface area contributed by atoms with Crippen molar-refractivity contribution in [3.05, 3.63) is 11.8 Å². The first-order valence-corrected chi connectivity index (χ1v) is 7.16. The number of hydrogen-bond acceptors (Lipinski definition) is 3. The standard InChI is InChI=1S/C15H29N3/c1-6-15(13(2)3)16-11-14(4)12-18-9-7-17(5)8-10-18/h11,13H,6-10,12H2,1-5H3/b14-11+,16-15?. The van der Waals surface area contributed by atoms with E-state index >= 15 is 0 Å². The van der Waals surface area contributed by atoms with E-state index in [1.807, 2.05) is 0 Å². The summed E-state index contributed by atoms with van der Waals surface area (Å²) in [5.74, 6) is 0.558. The smallest absolute Gasteiger partial charge is 0.0269 e. The van der Waals surface area contributed by atoms with E-state index in [1.165, 1.54) is 37.5 Å². The molecule has 1 rings (SSSR count). The highest BCUT2D eigenvalue weighted by atomic mass is 15.2. The van der Waals surface area contributed by atoms with E-state index in [4.69, 9.17) is 0 Å². The van der Waals surface area contributed by atoms with Gasteiger partial charge in [0.15, 0.2) is 0 Å². The van der Waals surface area contributed by atoms with Crippen LogP contribution in [0.15, 0.2) is 16.8 Å². The van der Waals surface area contributed by atoms with Crippen LogP contribution < -0.4 is 0 Å². The third-order valence-corrected chi connectivity index (χ3v) is 3.55. The summed E-state index contributed by atoms with van der Waals surface area (Å²) in [6, 6.07) is 0. The lowest BCUT2D eigenvalue weighted by atomic mass is 10.1. The molecular formula is C15H29N3. The molecule has 0 radical (unpaired) electrons. The Hall–Kier alpha value is -0.670. The Labute approximate surface area is 113 Å². The molecule has 3 heteroatoms. The third-order valence-electron chi connectivity index (χ3n) is 3.55. The summed E-state index contributed by atoms with van der Waals surface area (Å²) < 4.78 is 0. The van der Waals surface area contributed by atoms with Crippen LogP contribution in [0, 0.1) is 5.92 Å². The summed E-state index contributed by atoms with van der Waals surface area (Å²) in [6.45, 7) is 14.6. The SMILES string of the molecule is CCC(=N/C=C(\C)CN1CCN(C)CC1)C(C)C. The van der Waals surface area contributed by atoms with Crippen LogP contribution in [0.2, 0.25) is 0 Å². The van der Waals surface area contributed by atoms with E-state index in [2.05, 4.69) is 55.7 Å². The van der Waals surface area contributed by atoms with Gasteiger partial charge < -0.3 is 4.90 Å². The van der Waals surface area contributed by atoms with Gasteiger partial charge in [0, 0.05) is 44.6 Å². The van der Waals surface area contributed by atoms with E-state index < -0.39 is 0 Å². The molecule has 0 aromatic rings. The molecule has 1 saturated heterocycles. The highest BCUT2D eigenvalue weighted by Gasteiger charge is 2.13. The molecule has 104 valence electrons. The monoisotopic (exact) mass is 251 g/mol. The van der Waals surface area contributed by atoms with Crippen molar-refractivity contribution in [2.45, 2.75) is 34.1 Å². The minimum absolute atomic E-state index is 0.558. The van der Waals surface area contributed by atoms with Crippen LogP contribution in [-0.2, 0) is 0 Å². The van der Waals surface area contributed by atoms with Crippen molar-refractivity contribution >= 4 is 5.71 Å². The summed E-state index contributed by atoms with van der Waals surface area (Å²) in [5.41, 5.74) is 2.67. The minimum Gasteiger partial charge on any atom is -0.304 e. The highest BCUT2D eigenvalue weighted by molar-refractivity contribution is 5.86. The topological polar surface area (TPSA) is 18.8 Å². The van der Waals surface area contributed by atoms with Gasteiger partial charge in [0.2, 0.25) is 0 Å². The molecule has 0 N–H and O–H groups in total. The second-order valence-corrected chi connectivity index (χ2v) is 5.68. The zero-order chi connectivity index (χ0) is 13.5. The van der Waals surface area contributed by atoms with Crippen molar-refractivity contribution in [3.63, 3.8) is 0 Å². The number of piperazine rings is 1. The Kier molecular flexibility index (Phi) is 6.58. The zero-order valence-corrected chi connectivity index (χ0v) is 12.7. The summed E-state index contributed by atoms with van der Waals surface area (Å²) in [6.07, 6.45) is 3.12. The lowest BCUT2D eigenvalue weighted by Crippen LogP contribution is -2.44. The van der Waals surface area contributed by atoms with Gasteiger partial charge in [0.05, 0.1) is 0 Å². The molecule has 1 aliphatic rings. The number of likely N-dealkylation sites (N-methyl/N-ethyl adjacent to an activating group) is 1. The van der Waals surface area contributed by atoms with Crippen molar-refractivity contribution < 1.29 is 0 Å². The lowest BCUT2D eigenvalue weighted by Gasteiger charge is -2.32. The van der Waals surface area contributed by atoms with Crippen LogP contribution in [0.4, 0.5) is 0 Å². The van der Waals surface area contributed by atoms with Crippen LogP contribution >= 0.6 is 0 Å². The van der Waals surface area contributed by atoms with E-state index in [0.29, 0.717) is 5.92 Å². The van der Waals surface area contributed by atoms with Gasteiger partial charge in [-0.15, -0.1) is 0 Å². The maximum atomic E-state index is 4.64.